The lowest BCUT2D eigenvalue weighted by molar-refractivity contribution is -0.142. The van der Waals surface area contributed by atoms with Crippen molar-refractivity contribution in [1.82, 2.24) is 4.90 Å². The molecular formula is C12H21NO5. The van der Waals surface area contributed by atoms with Crippen molar-refractivity contribution in [2.45, 2.75) is 20.3 Å². The zero-order valence-electron chi connectivity index (χ0n) is 11.1. The van der Waals surface area contributed by atoms with Gasteiger partial charge in [-0.2, -0.15) is 0 Å². The quantitative estimate of drug-likeness (QED) is 0.394. The number of aldehydes is 1. The predicted octanol–water partition coefficient (Wildman–Crippen LogP) is 0.717. The molecule has 0 aliphatic carbocycles. The Morgan fingerprint density at radius 2 is 1.94 bits per heavy atom. The summed E-state index contributed by atoms with van der Waals surface area (Å²) < 4.78 is 4.79. The van der Waals surface area contributed by atoms with Gasteiger partial charge in [-0.25, -0.2) is 4.79 Å². The average molecular weight is 259 g/mol. The number of carbonyl (C=O) groups excluding carboxylic acids is 2. The number of carboxylic acids is 1. The van der Waals surface area contributed by atoms with E-state index in [1.165, 1.54) is 11.0 Å². The fourth-order valence-corrected chi connectivity index (χ4v) is 0.922. The van der Waals surface area contributed by atoms with Crippen molar-refractivity contribution in [3.63, 3.8) is 0 Å². The Morgan fingerprint density at radius 1 is 1.33 bits per heavy atom. The molecule has 6 heteroatoms. The summed E-state index contributed by atoms with van der Waals surface area (Å²) in [6.45, 7) is 4.39. The van der Waals surface area contributed by atoms with Crippen molar-refractivity contribution in [1.29, 1.82) is 0 Å². The maximum Gasteiger partial charge on any atom is 0.329 e. The zero-order chi connectivity index (χ0) is 14.4. The summed E-state index contributed by atoms with van der Waals surface area (Å²) in [6, 6.07) is 0. The van der Waals surface area contributed by atoms with Crippen LogP contribution in [0.3, 0.4) is 0 Å². The molecule has 0 atom stereocenters. The molecule has 0 aliphatic heterocycles. The zero-order valence-corrected chi connectivity index (χ0v) is 11.1. The molecular weight excluding hydrogens is 238 g/mol. The Labute approximate surface area is 107 Å². The van der Waals surface area contributed by atoms with Crippen molar-refractivity contribution in [3.8, 4) is 0 Å². The van der Waals surface area contributed by atoms with Crippen LogP contribution in [0.25, 0.3) is 0 Å². The van der Waals surface area contributed by atoms with Crippen LogP contribution in [-0.4, -0.2) is 55.0 Å². The topological polar surface area (TPSA) is 83.9 Å². The lowest BCUT2D eigenvalue weighted by Gasteiger charge is -2.14. The van der Waals surface area contributed by atoms with Crippen LogP contribution in [0.4, 0.5) is 0 Å². The first-order valence-electron chi connectivity index (χ1n) is 5.74. The summed E-state index contributed by atoms with van der Waals surface area (Å²) in [5.41, 5.74) is 0. The van der Waals surface area contributed by atoms with Gasteiger partial charge >= 0.3 is 5.97 Å². The van der Waals surface area contributed by atoms with Gasteiger partial charge < -0.3 is 14.7 Å². The third kappa shape index (κ3) is 12.4. The van der Waals surface area contributed by atoms with Crippen LogP contribution in [0, 0.1) is 0 Å². The van der Waals surface area contributed by atoms with Gasteiger partial charge in [-0.1, -0.05) is 13.8 Å². The monoisotopic (exact) mass is 259 g/mol. The average Bonchev–Trinajstić information content (AvgIpc) is 2.37. The number of nitrogens with zero attached hydrogens (tertiary/aromatic N) is 1. The van der Waals surface area contributed by atoms with Gasteiger partial charge in [0, 0.05) is 26.3 Å². The molecule has 0 bridgehead atoms. The maximum absolute atomic E-state index is 11.2. The van der Waals surface area contributed by atoms with Gasteiger partial charge in [-0.15, -0.1) is 0 Å². The summed E-state index contributed by atoms with van der Waals surface area (Å²) in [7, 11) is 1.59. The largest absolute Gasteiger partial charge is 0.480 e. The van der Waals surface area contributed by atoms with E-state index in [0.29, 0.717) is 19.3 Å². The van der Waals surface area contributed by atoms with E-state index < -0.39 is 5.97 Å². The highest BCUT2D eigenvalue weighted by Gasteiger charge is 2.04. The molecule has 0 radical (unpaired) electrons. The van der Waals surface area contributed by atoms with E-state index in [0.717, 1.165) is 6.08 Å². The number of aliphatic carboxylic acids is 1. The Bertz CT molecular complexity index is 276. The molecule has 6 nitrogen and oxygen atoms in total. The lowest BCUT2D eigenvalue weighted by Crippen LogP contribution is -2.26. The predicted molar refractivity (Wildman–Crippen MR) is 67.3 cm³/mol. The number of hydrogen-bond acceptors (Lipinski definition) is 4. The van der Waals surface area contributed by atoms with Gasteiger partial charge in [0.15, 0.2) is 0 Å². The molecule has 0 heterocycles. The number of ether oxygens (including phenoxy) is 1. The lowest BCUT2D eigenvalue weighted by atomic mass is 10.4. The van der Waals surface area contributed by atoms with Crippen molar-refractivity contribution >= 4 is 18.2 Å². The van der Waals surface area contributed by atoms with Crippen LogP contribution < -0.4 is 0 Å². The SMILES string of the molecule is CC.CN(CCCOCC(=O)O)C(=O)/C=C\C=O. The molecule has 0 aromatic heterocycles. The van der Waals surface area contributed by atoms with E-state index in [-0.39, 0.29) is 19.1 Å². The van der Waals surface area contributed by atoms with Crippen molar-refractivity contribution in [2.24, 2.45) is 0 Å². The van der Waals surface area contributed by atoms with Gasteiger partial charge in [0.05, 0.1) is 0 Å². The van der Waals surface area contributed by atoms with E-state index in [2.05, 4.69) is 0 Å². The second-order valence-electron chi connectivity index (χ2n) is 3.05. The van der Waals surface area contributed by atoms with E-state index in [4.69, 9.17) is 9.84 Å². The van der Waals surface area contributed by atoms with Crippen LogP contribution >= 0.6 is 0 Å². The van der Waals surface area contributed by atoms with Crippen molar-refractivity contribution in [3.05, 3.63) is 12.2 Å². The molecule has 0 aromatic carbocycles. The number of allylic oxidation sites excluding steroid dienone is 1. The number of amides is 1. The Kier molecular flexibility index (Phi) is 13.9. The smallest absolute Gasteiger partial charge is 0.329 e. The molecule has 0 rings (SSSR count). The standard InChI is InChI=1S/C10H15NO5.C2H6/c1-11(9(13)4-2-6-12)5-3-7-16-8-10(14)15;1-2/h2,4,6H,3,5,7-8H2,1H3,(H,14,15);1-2H3/b4-2-;. The highest BCUT2D eigenvalue weighted by atomic mass is 16.5. The minimum atomic E-state index is -1.02. The molecule has 0 spiro atoms. The van der Waals surface area contributed by atoms with Gasteiger partial charge in [0.1, 0.15) is 12.9 Å². The fourth-order valence-electron chi connectivity index (χ4n) is 0.922. The Hall–Kier alpha value is -1.69. The number of carbonyl (C=O) groups is 3. The normalized spacial score (nSPS) is 9.50. The molecule has 1 amide bonds. The second-order valence-corrected chi connectivity index (χ2v) is 3.05. The third-order valence-electron chi connectivity index (χ3n) is 1.70. The van der Waals surface area contributed by atoms with Crippen LogP contribution in [-0.2, 0) is 19.1 Å². The van der Waals surface area contributed by atoms with Crippen molar-refractivity contribution < 1.29 is 24.2 Å². The van der Waals surface area contributed by atoms with Crippen LogP contribution in [0.1, 0.15) is 20.3 Å². The molecule has 0 aliphatic rings. The van der Waals surface area contributed by atoms with Gasteiger partial charge in [0.2, 0.25) is 5.91 Å². The van der Waals surface area contributed by atoms with E-state index >= 15 is 0 Å². The van der Waals surface area contributed by atoms with Crippen LogP contribution in [0.5, 0.6) is 0 Å². The minimum Gasteiger partial charge on any atom is -0.480 e. The molecule has 1 N–H and O–H groups in total. The summed E-state index contributed by atoms with van der Waals surface area (Å²) in [5, 5.41) is 8.28. The summed E-state index contributed by atoms with van der Waals surface area (Å²) in [6.07, 6.45) is 3.37. The molecule has 0 saturated carbocycles. The van der Waals surface area contributed by atoms with Gasteiger partial charge in [-0.05, 0) is 12.5 Å². The minimum absolute atomic E-state index is 0.273. The highest BCUT2D eigenvalue weighted by Crippen LogP contribution is 1.91. The third-order valence-corrected chi connectivity index (χ3v) is 1.70. The van der Waals surface area contributed by atoms with Crippen LogP contribution in [0.15, 0.2) is 12.2 Å². The van der Waals surface area contributed by atoms with Crippen molar-refractivity contribution in [2.75, 3.05) is 26.8 Å². The number of hydrogen-bond donors (Lipinski definition) is 1. The Balaban J connectivity index is 0. The van der Waals surface area contributed by atoms with E-state index in [1.807, 2.05) is 13.8 Å². The number of likely N-dealkylation sites (N-methyl/N-ethyl adjacent to an activating group) is 1. The second kappa shape index (κ2) is 13.4. The first-order chi connectivity index (χ1) is 8.57. The van der Waals surface area contributed by atoms with Gasteiger partial charge in [-0.3, -0.25) is 9.59 Å². The van der Waals surface area contributed by atoms with E-state index in [9.17, 15) is 14.4 Å². The van der Waals surface area contributed by atoms with Crippen LogP contribution in [0.2, 0.25) is 0 Å². The first-order valence-corrected chi connectivity index (χ1v) is 5.74. The van der Waals surface area contributed by atoms with Gasteiger partial charge in [0.25, 0.3) is 0 Å². The fraction of sp³-hybridized carbons (Fsp3) is 0.583. The molecule has 0 unspecified atom stereocenters. The molecule has 0 saturated heterocycles. The molecule has 18 heavy (non-hydrogen) atoms. The van der Waals surface area contributed by atoms with E-state index in [1.54, 1.807) is 7.05 Å². The first kappa shape index (κ1) is 18.7. The highest BCUT2D eigenvalue weighted by molar-refractivity contribution is 5.90. The summed E-state index contributed by atoms with van der Waals surface area (Å²) >= 11 is 0. The number of rotatable bonds is 8. The molecule has 0 aromatic rings. The molecule has 0 fully saturated rings. The number of carboxylic acid groups (broad SMARTS) is 1. The maximum atomic E-state index is 11.2. The summed E-state index contributed by atoms with van der Waals surface area (Å²) in [4.78, 5) is 32.7. The Morgan fingerprint density at radius 3 is 2.44 bits per heavy atom. The molecule has 104 valence electrons. The summed E-state index contributed by atoms with van der Waals surface area (Å²) in [5.74, 6) is -1.29.